The van der Waals surface area contributed by atoms with Crippen LogP contribution in [0.2, 0.25) is 0 Å². The molecular formula is C22H24IN5OS. The second kappa shape index (κ2) is 10.6. The van der Waals surface area contributed by atoms with Crippen molar-refractivity contribution >= 4 is 51.4 Å². The van der Waals surface area contributed by atoms with Gasteiger partial charge in [0.15, 0.2) is 5.96 Å². The average Bonchev–Trinajstić information content (AvgIpc) is 3.44. The third-order valence-corrected chi connectivity index (χ3v) is 5.90. The van der Waals surface area contributed by atoms with Crippen molar-refractivity contribution in [3.63, 3.8) is 0 Å². The van der Waals surface area contributed by atoms with Gasteiger partial charge < -0.3 is 20.3 Å². The third-order valence-electron chi connectivity index (χ3n) is 4.68. The van der Waals surface area contributed by atoms with Gasteiger partial charge in [-0.15, -0.1) is 35.3 Å². The van der Waals surface area contributed by atoms with Crippen LogP contribution in [0, 0.1) is 0 Å². The zero-order chi connectivity index (χ0) is 20.1. The highest BCUT2D eigenvalue weighted by Crippen LogP contribution is 2.29. The van der Waals surface area contributed by atoms with Gasteiger partial charge in [0.1, 0.15) is 6.10 Å². The van der Waals surface area contributed by atoms with Crippen LogP contribution >= 0.6 is 35.3 Å². The van der Waals surface area contributed by atoms with Crippen molar-refractivity contribution in [3.8, 4) is 5.69 Å². The first-order valence-corrected chi connectivity index (χ1v) is 10.2. The number of fused-ring (bicyclic) bond motifs is 1. The summed E-state index contributed by atoms with van der Waals surface area (Å²) in [5.74, 6) is 0.644. The highest BCUT2D eigenvalue weighted by atomic mass is 127. The van der Waals surface area contributed by atoms with Gasteiger partial charge in [0.25, 0.3) is 0 Å². The number of thiophene rings is 1. The highest BCUT2D eigenvalue weighted by molar-refractivity contribution is 14.0. The van der Waals surface area contributed by atoms with Crippen molar-refractivity contribution in [2.75, 3.05) is 13.6 Å². The Labute approximate surface area is 196 Å². The summed E-state index contributed by atoms with van der Waals surface area (Å²) >= 11 is 1.62. The molecule has 3 N–H and O–H groups in total. The first-order chi connectivity index (χ1) is 14.2. The van der Waals surface area contributed by atoms with Crippen LogP contribution in [0.25, 0.3) is 15.8 Å². The lowest BCUT2D eigenvalue weighted by Crippen LogP contribution is -2.39. The van der Waals surface area contributed by atoms with E-state index < -0.39 is 6.10 Å². The predicted octanol–water partition coefficient (Wildman–Crippen LogP) is 4.10. The lowest BCUT2D eigenvalue weighted by atomic mass is 10.1. The summed E-state index contributed by atoms with van der Waals surface area (Å²) in [5.41, 5.74) is 2.19. The first kappa shape index (κ1) is 22.3. The quantitative estimate of drug-likeness (QED) is 0.198. The molecule has 0 bridgehead atoms. The van der Waals surface area contributed by atoms with Crippen molar-refractivity contribution in [3.05, 3.63) is 83.8 Å². The van der Waals surface area contributed by atoms with E-state index in [2.05, 4.69) is 44.9 Å². The number of halogens is 1. The molecule has 0 amide bonds. The van der Waals surface area contributed by atoms with Crippen molar-refractivity contribution in [1.29, 1.82) is 0 Å². The minimum atomic E-state index is -0.593. The van der Waals surface area contributed by atoms with Gasteiger partial charge in [0, 0.05) is 42.1 Å². The number of aromatic nitrogens is 2. The van der Waals surface area contributed by atoms with Gasteiger partial charge in [-0.1, -0.05) is 36.4 Å². The molecule has 0 fully saturated rings. The molecule has 30 heavy (non-hydrogen) atoms. The van der Waals surface area contributed by atoms with Gasteiger partial charge in [-0.05, 0) is 29.1 Å². The number of nitrogens with zero attached hydrogens (tertiary/aromatic N) is 3. The second-order valence-electron chi connectivity index (χ2n) is 6.61. The molecule has 4 aromatic rings. The van der Waals surface area contributed by atoms with E-state index in [1.807, 2.05) is 41.1 Å². The predicted molar refractivity (Wildman–Crippen MR) is 134 cm³/mol. The molecule has 0 saturated carbocycles. The van der Waals surface area contributed by atoms with Crippen LogP contribution < -0.4 is 10.6 Å². The number of benzene rings is 2. The van der Waals surface area contributed by atoms with E-state index in [1.165, 1.54) is 4.70 Å². The van der Waals surface area contributed by atoms with E-state index in [4.69, 9.17) is 0 Å². The molecule has 0 aliphatic rings. The van der Waals surface area contributed by atoms with Crippen molar-refractivity contribution in [1.82, 2.24) is 20.2 Å². The summed E-state index contributed by atoms with van der Waals surface area (Å²) in [6, 6.07) is 18.4. The maximum Gasteiger partial charge on any atom is 0.191 e. The van der Waals surface area contributed by atoms with Gasteiger partial charge in [-0.2, -0.15) is 0 Å². The SMILES string of the molecule is CN=C(NCc1ccccc1-n1ccnc1)NCC(O)c1cc2ccccc2s1.I. The second-order valence-corrected chi connectivity index (χ2v) is 7.72. The number of aliphatic imine (C=N–C) groups is 1. The van der Waals surface area contributed by atoms with E-state index in [0.717, 1.165) is 21.5 Å². The van der Waals surface area contributed by atoms with E-state index >= 15 is 0 Å². The Kier molecular flexibility index (Phi) is 7.83. The van der Waals surface area contributed by atoms with Crippen LogP contribution in [0.5, 0.6) is 0 Å². The number of guanidine groups is 1. The maximum absolute atomic E-state index is 10.6. The van der Waals surface area contributed by atoms with Crippen LogP contribution in [0.1, 0.15) is 16.5 Å². The fraction of sp³-hybridized carbons (Fsp3) is 0.182. The molecule has 6 nitrogen and oxygen atoms in total. The van der Waals surface area contributed by atoms with Crippen LogP contribution in [0.3, 0.4) is 0 Å². The molecule has 0 radical (unpaired) electrons. The standard InChI is InChI=1S/C22H23N5OS.HI/c1-23-22(25-13-17-7-2-4-8-18(17)27-11-10-24-15-27)26-14-19(28)21-12-16-6-3-5-9-20(16)29-21;/h2-12,15,19,28H,13-14H2,1H3,(H2,23,25,26);1H. The summed E-state index contributed by atoms with van der Waals surface area (Å²) in [7, 11) is 1.73. The lowest BCUT2D eigenvalue weighted by molar-refractivity contribution is 0.184. The molecule has 0 aliphatic carbocycles. The third kappa shape index (κ3) is 5.18. The minimum Gasteiger partial charge on any atom is -0.386 e. The van der Waals surface area contributed by atoms with Crippen molar-refractivity contribution < 1.29 is 5.11 Å². The van der Waals surface area contributed by atoms with Crippen LogP contribution in [-0.4, -0.2) is 34.2 Å². The Morgan fingerprint density at radius 2 is 1.97 bits per heavy atom. The molecule has 4 rings (SSSR count). The first-order valence-electron chi connectivity index (χ1n) is 9.42. The number of hydrogen-bond acceptors (Lipinski definition) is 4. The number of aliphatic hydroxyl groups is 1. The number of hydrogen-bond donors (Lipinski definition) is 3. The van der Waals surface area contributed by atoms with Crippen LogP contribution in [0.15, 0.2) is 78.3 Å². The molecule has 0 spiro atoms. The molecule has 2 aromatic heterocycles. The number of imidazole rings is 1. The summed E-state index contributed by atoms with van der Waals surface area (Å²) < 4.78 is 3.17. The maximum atomic E-state index is 10.6. The van der Waals surface area contributed by atoms with Crippen LogP contribution in [0.4, 0.5) is 0 Å². The average molecular weight is 533 g/mol. The number of nitrogens with one attached hydrogen (secondary N) is 2. The zero-order valence-corrected chi connectivity index (χ0v) is 19.7. The molecule has 156 valence electrons. The highest BCUT2D eigenvalue weighted by Gasteiger charge is 2.12. The van der Waals surface area contributed by atoms with E-state index in [1.54, 1.807) is 30.9 Å². The van der Waals surface area contributed by atoms with Gasteiger partial charge >= 0.3 is 0 Å². The van der Waals surface area contributed by atoms with Gasteiger partial charge in [0.05, 0.1) is 12.0 Å². The monoisotopic (exact) mass is 533 g/mol. The molecule has 2 aromatic carbocycles. The number of rotatable bonds is 6. The summed E-state index contributed by atoms with van der Waals surface area (Å²) in [6.45, 7) is 0.989. The molecule has 0 aliphatic heterocycles. The van der Waals surface area contributed by atoms with Crippen LogP contribution in [-0.2, 0) is 6.54 Å². The van der Waals surface area contributed by atoms with E-state index in [-0.39, 0.29) is 24.0 Å². The Morgan fingerprint density at radius 3 is 2.73 bits per heavy atom. The summed E-state index contributed by atoms with van der Waals surface area (Å²) in [4.78, 5) is 9.34. The summed E-state index contributed by atoms with van der Waals surface area (Å²) in [5, 5.41) is 18.3. The topological polar surface area (TPSA) is 74.5 Å². The van der Waals surface area contributed by atoms with Gasteiger partial charge in [0.2, 0.25) is 0 Å². The van der Waals surface area contributed by atoms with Crippen molar-refractivity contribution in [2.45, 2.75) is 12.6 Å². The fourth-order valence-corrected chi connectivity index (χ4v) is 4.22. The zero-order valence-electron chi connectivity index (χ0n) is 16.5. The van der Waals surface area contributed by atoms with E-state index in [9.17, 15) is 5.11 Å². The minimum absolute atomic E-state index is 0. The molecule has 1 atom stereocenters. The fourth-order valence-electron chi connectivity index (χ4n) is 3.17. The Hall–Kier alpha value is -2.43. The van der Waals surface area contributed by atoms with E-state index in [0.29, 0.717) is 19.0 Å². The van der Waals surface area contributed by atoms with Gasteiger partial charge in [-0.3, -0.25) is 4.99 Å². The molecule has 0 saturated heterocycles. The number of para-hydroxylation sites is 1. The molecular weight excluding hydrogens is 509 g/mol. The normalized spacial score (nSPS) is 12.4. The Balaban J connectivity index is 0.00000256. The lowest BCUT2D eigenvalue weighted by Gasteiger charge is -2.16. The summed E-state index contributed by atoms with van der Waals surface area (Å²) in [6.07, 6.45) is 4.88. The largest absolute Gasteiger partial charge is 0.386 e. The Morgan fingerprint density at radius 1 is 1.17 bits per heavy atom. The van der Waals surface area contributed by atoms with Gasteiger partial charge in [-0.25, -0.2) is 4.98 Å². The molecule has 8 heteroatoms. The van der Waals surface area contributed by atoms with Crippen molar-refractivity contribution in [2.24, 2.45) is 4.99 Å². The molecule has 2 heterocycles. The smallest absolute Gasteiger partial charge is 0.191 e. The molecule has 1 unspecified atom stereocenters. The number of aliphatic hydroxyl groups excluding tert-OH is 1. The Bertz CT molecular complexity index is 1080.